The van der Waals surface area contributed by atoms with Crippen molar-refractivity contribution in [2.75, 3.05) is 0 Å². The molecule has 0 spiro atoms. The number of hydrogen-bond acceptors (Lipinski definition) is 5. The van der Waals surface area contributed by atoms with Crippen LogP contribution in [0.4, 0.5) is 13.2 Å². The van der Waals surface area contributed by atoms with Crippen molar-refractivity contribution in [2.45, 2.75) is 36.8 Å². The maximum atomic E-state index is 12.8. The summed E-state index contributed by atoms with van der Waals surface area (Å²) in [6, 6.07) is 0. The van der Waals surface area contributed by atoms with Crippen LogP contribution in [0.2, 0.25) is 0 Å². The molecule has 3 atom stereocenters. The Balaban J connectivity index is 1.85. The minimum atomic E-state index is -4.74. The van der Waals surface area contributed by atoms with Crippen molar-refractivity contribution in [3.05, 3.63) is 21.5 Å². The maximum absolute atomic E-state index is 12.8. The van der Waals surface area contributed by atoms with Gasteiger partial charge in [0.25, 0.3) is 5.72 Å². The van der Waals surface area contributed by atoms with Gasteiger partial charge in [-0.1, -0.05) is 5.57 Å². The molecule has 0 saturated heterocycles. The van der Waals surface area contributed by atoms with Crippen molar-refractivity contribution in [3.63, 3.8) is 0 Å². The van der Waals surface area contributed by atoms with Gasteiger partial charge < -0.3 is 5.11 Å². The second kappa shape index (κ2) is 4.45. The van der Waals surface area contributed by atoms with Gasteiger partial charge in [0.2, 0.25) is 0 Å². The molecule has 0 aromatic carbocycles. The number of hydrogen-bond donors (Lipinski definition) is 2. The number of nitrogens with one attached hydrogen (secondary N) is 1. The Morgan fingerprint density at radius 2 is 2.15 bits per heavy atom. The zero-order valence-corrected chi connectivity index (χ0v) is 12.4. The molecule has 20 heavy (non-hydrogen) atoms. The Labute approximate surface area is 122 Å². The fraction of sp³-hybridized carbons (Fsp3) is 0.583. The maximum Gasteiger partial charge on any atom is 0.438 e. The number of aliphatic hydroxyl groups is 1. The molecule has 0 amide bonds. The molecule has 3 rings (SSSR count). The zero-order valence-electron chi connectivity index (χ0n) is 10.8. The Morgan fingerprint density at radius 1 is 1.45 bits per heavy atom. The highest BCUT2D eigenvalue weighted by Gasteiger charge is 2.58. The summed E-state index contributed by atoms with van der Waals surface area (Å²) in [5, 5.41) is 15.4. The Hall–Kier alpha value is -0.600. The minimum Gasteiger partial charge on any atom is -0.362 e. The predicted octanol–water partition coefficient (Wildman–Crippen LogP) is 3.20. The Bertz CT molecular complexity index is 555. The van der Waals surface area contributed by atoms with Gasteiger partial charge in [0.05, 0.1) is 16.7 Å². The van der Waals surface area contributed by atoms with E-state index in [0.29, 0.717) is 5.71 Å². The first kappa shape index (κ1) is 14.3. The van der Waals surface area contributed by atoms with E-state index >= 15 is 0 Å². The summed E-state index contributed by atoms with van der Waals surface area (Å²) in [5.41, 5.74) is 1.49. The molecule has 0 saturated carbocycles. The third kappa shape index (κ3) is 2.00. The van der Waals surface area contributed by atoms with Gasteiger partial charge in [0.15, 0.2) is 0 Å². The molecule has 110 valence electrons. The van der Waals surface area contributed by atoms with Crippen LogP contribution in [-0.4, -0.2) is 27.3 Å². The molecule has 3 aliphatic heterocycles. The predicted molar refractivity (Wildman–Crippen MR) is 75.1 cm³/mol. The van der Waals surface area contributed by atoms with Crippen LogP contribution in [0.1, 0.15) is 20.3 Å². The van der Waals surface area contributed by atoms with Gasteiger partial charge in [-0.25, -0.2) is 0 Å². The smallest absolute Gasteiger partial charge is 0.362 e. The number of thioether (sulfide) groups is 2. The second-order valence-electron chi connectivity index (χ2n) is 5.18. The van der Waals surface area contributed by atoms with E-state index in [1.165, 1.54) is 5.57 Å². The molecule has 0 unspecified atom stereocenters. The van der Waals surface area contributed by atoms with Crippen molar-refractivity contribution in [1.82, 2.24) is 5.43 Å². The first-order valence-electron chi connectivity index (χ1n) is 6.06. The van der Waals surface area contributed by atoms with Gasteiger partial charge in [-0.15, -0.1) is 23.5 Å². The van der Waals surface area contributed by atoms with E-state index in [9.17, 15) is 18.3 Å². The van der Waals surface area contributed by atoms with Crippen LogP contribution in [0.5, 0.6) is 0 Å². The van der Waals surface area contributed by atoms with Crippen molar-refractivity contribution in [2.24, 2.45) is 11.0 Å². The second-order valence-corrected chi connectivity index (χ2v) is 7.65. The first-order valence-corrected chi connectivity index (χ1v) is 7.88. The van der Waals surface area contributed by atoms with Gasteiger partial charge in [-0.3, -0.25) is 5.43 Å². The first-order chi connectivity index (χ1) is 9.23. The van der Waals surface area contributed by atoms with Crippen molar-refractivity contribution in [3.8, 4) is 0 Å². The van der Waals surface area contributed by atoms with E-state index in [1.807, 2.05) is 19.3 Å². The summed E-state index contributed by atoms with van der Waals surface area (Å²) in [6.45, 7) is 3.97. The van der Waals surface area contributed by atoms with Gasteiger partial charge >= 0.3 is 6.18 Å². The van der Waals surface area contributed by atoms with E-state index < -0.39 is 18.3 Å². The van der Waals surface area contributed by atoms with Crippen LogP contribution in [-0.2, 0) is 0 Å². The number of allylic oxidation sites excluding steroid dienone is 3. The van der Waals surface area contributed by atoms with Crippen molar-refractivity contribution < 1.29 is 18.3 Å². The van der Waals surface area contributed by atoms with Gasteiger partial charge in [-0.05, 0) is 24.8 Å². The number of nitrogens with zero attached hydrogens (tertiary/aromatic N) is 1. The Kier molecular flexibility index (Phi) is 3.19. The lowest BCUT2D eigenvalue weighted by molar-refractivity contribution is -0.266. The normalized spacial score (nSPS) is 36.9. The molecular weight excluding hydrogens is 309 g/mol. The molecule has 0 fully saturated rings. The number of hydrazone groups is 1. The summed E-state index contributed by atoms with van der Waals surface area (Å²) >= 11 is 3.23. The summed E-state index contributed by atoms with van der Waals surface area (Å²) in [4.78, 5) is 0.785. The fourth-order valence-electron chi connectivity index (χ4n) is 2.60. The number of rotatable bonds is 1. The lowest BCUT2D eigenvalue weighted by Crippen LogP contribution is -2.52. The molecule has 3 aliphatic rings. The summed E-state index contributed by atoms with van der Waals surface area (Å²) in [6.07, 6.45) is -5.28. The monoisotopic (exact) mass is 322 g/mol. The third-order valence-electron chi connectivity index (χ3n) is 3.74. The highest BCUT2D eigenvalue weighted by Crippen LogP contribution is 2.55. The van der Waals surface area contributed by atoms with Gasteiger partial charge in [0.1, 0.15) is 0 Å². The largest absolute Gasteiger partial charge is 0.438 e. The Morgan fingerprint density at radius 3 is 2.70 bits per heavy atom. The minimum absolute atomic E-state index is 0.266. The highest BCUT2D eigenvalue weighted by molar-refractivity contribution is 8.20. The molecule has 2 N–H and O–H groups in total. The van der Waals surface area contributed by atoms with E-state index in [0.717, 1.165) is 10.5 Å². The molecule has 0 aromatic heterocycles. The average Bonchev–Trinajstić information content (AvgIpc) is 2.97. The lowest BCUT2D eigenvalue weighted by atomic mass is 9.94. The number of alkyl halides is 3. The van der Waals surface area contributed by atoms with Crippen LogP contribution in [0, 0.1) is 5.92 Å². The average molecular weight is 322 g/mol. The molecule has 3 heterocycles. The topological polar surface area (TPSA) is 44.6 Å². The van der Waals surface area contributed by atoms with Crippen LogP contribution < -0.4 is 5.43 Å². The van der Waals surface area contributed by atoms with E-state index in [1.54, 1.807) is 23.5 Å². The fourth-order valence-corrected chi connectivity index (χ4v) is 5.71. The summed E-state index contributed by atoms with van der Waals surface area (Å²) in [7, 11) is 0. The zero-order chi connectivity index (χ0) is 14.7. The van der Waals surface area contributed by atoms with Crippen molar-refractivity contribution in [1.29, 1.82) is 0 Å². The van der Waals surface area contributed by atoms with Crippen molar-refractivity contribution >= 4 is 29.2 Å². The molecule has 0 bridgehead atoms. The molecule has 0 aliphatic carbocycles. The summed E-state index contributed by atoms with van der Waals surface area (Å²) < 4.78 is 38.6. The van der Waals surface area contributed by atoms with E-state index in [4.69, 9.17) is 0 Å². The highest BCUT2D eigenvalue weighted by atomic mass is 32.2. The van der Waals surface area contributed by atoms with Gasteiger partial charge in [-0.2, -0.15) is 18.3 Å². The third-order valence-corrected chi connectivity index (χ3v) is 6.71. The van der Waals surface area contributed by atoms with E-state index in [-0.39, 0.29) is 10.5 Å². The number of fused-ring (bicyclic) bond motifs is 1. The molecule has 3 nitrogen and oxygen atoms in total. The number of halogens is 3. The summed E-state index contributed by atoms with van der Waals surface area (Å²) in [5.74, 6) is 0.266. The van der Waals surface area contributed by atoms with Crippen LogP contribution in [0.3, 0.4) is 0 Å². The van der Waals surface area contributed by atoms with E-state index in [2.05, 4.69) is 10.5 Å². The van der Waals surface area contributed by atoms with Crippen LogP contribution in [0.15, 0.2) is 26.6 Å². The molecule has 8 heteroatoms. The standard InChI is InChI=1S/C12H13F3N2OS2/c1-5-4-19-10-8(5)6(2)9(20-10)7-3-11(18,17-16-7)12(13,14)15/h4,8,10,17-18H,3H2,1-2H3/t8-,10+,11-/m1/s1. The SMILES string of the molecule is CC1=CS[C@H]2SC(C3=NN[C@](O)(C(F)(F)F)C3)=C(C)[C@@H]12. The van der Waals surface area contributed by atoms with Gasteiger partial charge in [0, 0.05) is 10.8 Å². The molecule has 0 aromatic rings. The van der Waals surface area contributed by atoms with Crippen LogP contribution >= 0.6 is 23.5 Å². The molecule has 0 radical (unpaired) electrons. The van der Waals surface area contributed by atoms with Crippen LogP contribution in [0.25, 0.3) is 0 Å². The quantitative estimate of drug-likeness (QED) is 0.778. The lowest BCUT2D eigenvalue weighted by Gasteiger charge is -2.24. The molecular formula is C12H13F3N2OS2.